The van der Waals surface area contributed by atoms with Crippen LogP contribution in [-0.4, -0.2) is 58.9 Å². The Morgan fingerprint density at radius 3 is 2.73 bits per heavy atom. The zero-order valence-corrected chi connectivity index (χ0v) is 17.9. The molecule has 4 amide bonds. The van der Waals surface area contributed by atoms with Crippen molar-refractivity contribution >= 4 is 52.0 Å². The monoisotopic (exact) mass is 448 g/mol. The van der Waals surface area contributed by atoms with Gasteiger partial charge in [-0.3, -0.25) is 9.59 Å². The summed E-state index contributed by atoms with van der Waals surface area (Å²) in [5, 5.41) is 6.89. The molecule has 30 heavy (non-hydrogen) atoms. The zero-order chi connectivity index (χ0) is 21.7. The van der Waals surface area contributed by atoms with Gasteiger partial charge in [-0.15, -0.1) is 11.3 Å². The summed E-state index contributed by atoms with van der Waals surface area (Å²) in [6.07, 6.45) is 2.15. The minimum absolute atomic E-state index is 0.0672. The lowest BCUT2D eigenvalue weighted by Crippen LogP contribution is -2.48. The highest BCUT2D eigenvalue weighted by molar-refractivity contribution is 7.98. The van der Waals surface area contributed by atoms with Gasteiger partial charge in [0.05, 0.1) is 7.11 Å². The number of methoxy groups -OCH3 is 1. The molecule has 1 aromatic heterocycles. The van der Waals surface area contributed by atoms with E-state index >= 15 is 0 Å². The molecular weight excluding hydrogens is 428 g/mol. The number of hydrogen-bond donors (Lipinski definition) is 2. The van der Waals surface area contributed by atoms with Crippen LogP contribution in [0, 0.1) is 0 Å². The van der Waals surface area contributed by atoms with E-state index in [1.165, 1.54) is 24.3 Å². The van der Waals surface area contributed by atoms with Crippen LogP contribution in [0.15, 0.2) is 35.7 Å². The number of aromatic nitrogens is 1. The highest BCUT2D eigenvalue weighted by Crippen LogP contribution is 2.26. The lowest BCUT2D eigenvalue weighted by atomic mass is 10.1. The first-order valence-corrected chi connectivity index (χ1v) is 11.3. The maximum absolute atomic E-state index is 13.0. The molecule has 158 valence electrons. The lowest BCUT2D eigenvalue weighted by molar-refractivity contribution is -0.134. The summed E-state index contributed by atoms with van der Waals surface area (Å²) in [5.74, 6) is -1.09. The topological polar surface area (TPSA) is 118 Å². The Morgan fingerprint density at radius 1 is 1.33 bits per heavy atom. The molecule has 1 aliphatic rings. The van der Waals surface area contributed by atoms with Gasteiger partial charge in [-0.05, 0) is 24.0 Å². The third kappa shape index (κ3) is 4.62. The number of urea groups is 1. The summed E-state index contributed by atoms with van der Waals surface area (Å²) in [6.45, 7) is 0. The van der Waals surface area contributed by atoms with Crippen molar-refractivity contribution in [3.8, 4) is 0 Å². The third-order valence-corrected chi connectivity index (χ3v) is 5.84. The van der Waals surface area contributed by atoms with Crippen molar-refractivity contribution in [3.05, 3.63) is 47.0 Å². The summed E-state index contributed by atoms with van der Waals surface area (Å²) < 4.78 is 4.60. The number of nitrogens with one attached hydrogen (secondary N) is 2. The van der Waals surface area contributed by atoms with Crippen molar-refractivity contribution in [1.82, 2.24) is 15.2 Å². The van der Waals surface area contributed by atoms with Gasteiger partial charge in [0.25, 0.3) is 5.91 Å². The van der Waals surface area contributed by atoms with E-state index in [0.717, 1.165) is 16.2 Å². The van der Waals surface area contributed by atoms with Gasteiger partial charge >= 0.3 is 12.0 Å². The van der Waals surface area contributed by atoms with Crippen molar-refractivity contribution in [2.24, 2.45) is 0 Å². The van der Waals surface area contributed by atoms with Gasteiger partial charge < -0.3 is 15.4 Å². The van der Waals surface area contributed by atoms with E-state index in [1.54, 1.807) is 24.3 Å². The smallest absolute Gasteiger partial charge is 0.357 e. The second kappa shape index (κ2) is 9.72. The second-order valence-electron chi connectivity index (χ2n) is 6.32. The number of benzene rings is 1. The van der Waals surface area contributed by atoms with Crippen molar-refractivity contribution in [2.75, 3.05) is 24.4 Å². The van der Waals surface area contributed by atoms with Crippen molar-refractivity contribution < 1.29 is 23.9 Å². The number of ether oxygens (including phenoxy) is 1. The van der Waals surface area contributed by atoms with E-state index in [9.17, 15) is 19.2 Å². The van der Waals surface area contributed by atoms with Crippen LogP contribution in [0.1, 0.15) is 28.5 Å². The van der Waals surface area contributed by atoms with Gasteiger partial charge in [-0.2, -0.15) is 11.8 Å². The molecule has 2 heterocycles. The molecule has 2 atom stereocenters. The number of anilines is 1. The van der Waals surface area contributed by atoms with Crippen molar-refractivity contribution in [2.45, 2.75) is 18.5 Å². The Labute approximate surface area is 181 Å². The molecule has 1 unspecified atom stereocenters. The molecule has 0 saturated carbocycles. The molecule has 1 saturated heterocycles. The number of thiazole rings is 1. The highest BCUT2D eigenvalue weighted by atomic mass is 32.2. The molecule has 1 aliphatic heterocycles. The number of rotatable bonds is 8. The molecule has 9 nitrogen and oxygen atoms in total. The van der Waals surface area contributed by atoms with Crippen molar-refractivity contribution in [3.63, 3.8) is 0 Å². The van der Waals surface area contributed by atoms with Gasteiger partial charge in [0.1, 0.15) is 12.1 Å². The first kappa shape index (κ1) is 21.8. The van der Waals surface area contributed by atoms with Crippen LogP contribution in [-0.2, 0) is 14.3 Å². The SMILES string of the molecule is COC(=O)c1csc(NC(=O)C(CCSC)N2C(=O)N[C@@H](c3ccccc3)C2=O)n1. The van der Waals surface area contributed by atoms with Crippen LogP contribution >= 0.6 is 23.1 Å². The second-order valence-corrected chi connectivity index (χ2v) is 8.16. The predicted molar refractivity (Wildman–Crippen MR) is 113 cm³/mol. The highest BCUT2D eigenvalue weighted by Gasteiger charge is 2.45. The minimum atomic E-state index is -1.01. The minimum Gasteiger partial charge on any atom is -0.464 e. The molecule has 1 aromatic carbocycles. The normalized spacial score (nSPS) is 16.9. The zero-order valence-electron chi connectivity index (χ0n) is 16.3. The van der Waals surface area contributed by atoms with Crippen LogP contribution < -0.4 is 10.6 Å². The molecule has 0 spiro atoms. The average Bonchev–Trinajstić information content (AvgIpc) is 3.33. The molecule has 0 radical (unpaired) electrons. The van der Waals surface area contributed by atoms with Gasteiger partial charge in [0.15, 0.2) is 10.8 Å². The molecule has 2 N–H and O–H groups in total. The van der Waals surface area contributed by atoms with E-state index in [4.69, 9.17) is 0 Å². The molecule has 11 heteroatoms. The van der Waals surface area contributed by atoms with Crippen LogP contribution in [0.4, 0.5) is 9.93 Å². The van der Waals surface area contributed by atoms with E-state index < -0.39 is 35.9 Å². The molecule has 0 bridgehead atoms. The molecular formula is C19H20N4O5S2. The number of carbonyl (C=O) groups is 4. The van der Waals surface area contributed by atoms with Gasteiger partial charge in [0.2, 0.25) is 5.91 Å². The molecule has 1 fully saturated rings. The number of thioether (sulfide) groups is 1. The maximum atomic E-state index is 13.0. The predicted octanol–water partition coefficient (Wildman–Crippen LogP) is 2.28. The fourth-order valence-electron chi connectivity index (χ4n) is 2.99. The summed E-state index contributed by atoms with van der Waals surface area (Å²) in [5.41, 5.74) is 0.711. The number of esters is 1. The molecule has 2 aromatic rings. The first-order valence-electron chi connectivity index (χ1n) is 8.98. The number of imide groups is 1. The Balaban J connectivity index is 1.80. The van der Waals surface area contributed by atoms with E-state index in [2.05, 4.69) is 20.4 Å². The Kier molecular flexibility index (Phi) is 7.06. The Bertz CT molecular complexity index is 949. The van der Waals surface area contributed by atoms with Crippen LogP contribution in [0.2, 0.25) is 0 Å². The van der Waals surface area contributed by atoms with Crippen LogP contribution in [0.3, 0.4) is 0 Å². The van der Waals surface area contributed by atoms with E-state index in [0.29, 0.717) is 11.3 Å². The van der Waals surface area contributed by atoms with E-state index in [1.807, 2.05) is 12.3 Å². The molecule has 0 aliphatic carbocycles. The van der Waals surface area contributed by atoms with Gasteiger partial charge in [-0.1, -0.05) is 30.3 Å². The lowest BCUT2D eigenvalue weighted by Gasteiger charge is -2.24. The first-order chi connectivity index (χ1) is 14.5. The number of carbonyl (C=O) groups excluding carboxylic acids is 4. The summed E-state index contributed by atoms with van der Waals surface area (Å²) in [7, 11) is 1.24. The summed E-state index contributed by atoms with van der Waals surface area (Å²) >= 11 is 2.55. The average molecular weight is 449 g/mol. The number of nitrogens with zero attached hydrogens (tertiary/aromatic N) is 2. The van der Waals surface area contributed by atoms with Crippen molar-refractivity contribution in [1.29, 1.82) is 0 Å². The Morgan fingerprint density at radius 2 is 2.07 bits per heavy atom. The van der Waals surface area contributed by atoms with Crippen LogP contribution in [0.25, 0.3) is 0 Å². The third-order valence-electron chi connectivity index (χ3n) is 4.44. The largest absolute Gasteiger partial charge is 0.464 e. The summed E-state index contributed by atoms with van der Waals surface area (Å²) in [6, 6.07) is 6.38. The maximum Gasteiger partial charge on any atom is 0.357 e. The number of hydrogen-bond acceptors (Lipinski definition) is 8. The standard InChI is InChI=1S/C19H20N4O5S2/c1-28-17(26)12-10-30-18(20-12)22-15(24)13(8-9-29-2)23-16(25)14(21-19(23)27)11-6-4-3-5-7-11/h3-7,10,13-14H,8-9H2,1-2H3,(H,21,27)(H,20,22,24)/t13?,14-/m0/s1. The fourth-order valence-corrected chi connectivity index (χ4v) is 4.13. The van der Waals surface area contributed by atoms with Crippen LogP contribution in [0.5, 0.6) is 0 Å². The summed E-state index contributed by atoms with van der Waals surface area (Å²) in [4.78, 5) is 55.1. The molecule has 3 rings (SSSR count). The fraction of sp³-hybridized carbons (Fsp3) is 0.316. The van der Waals surface area contributed by atoms with Gasteiger partial charge in [-0.25, -0.2) is 19.5 Å². The Hall–Kier alpha value is -2.92. The quantitative estimate of drug-likeness (QED) is 0.470. The van der Waals surface area contributed by atoms with Gasteiger partial charge in [0, 0.05) is 5.38 Å². The van der Waals surface area contributed by atoms with E-state index in [-0.39, 0.29) is 17.2 Å². The number of amides is 4.